The second kappa shape index (κ2) is 5.72. The lowest BCUT2D eigenvalue weighted by Gasteiger charge is -2.26. The Hall–Kier alpha value is -2.49. The van der Waals surface area contributed by atoms with E-state index in [1.807, 2.05) is 43.3 Å². The van der Waals surface area contributed by atoms with Crippen LogP contribution in [0.1, 0.15) is 34.0 Å². The maximum absolute atomic E-state index is 12.4. The molecule has 0 saturated heterocycles. The van der Waals surface area contributed by atoms with Gasteiger partial charge in [-0.3, -0.25) is 4.79 Å². The van der Waals surface area contributed by atoms with Gasteiger partial charge in [0.15, 0.2) is 17.3 Å². The van der Waals surface area contributed by atoms with Crippen LogP contribution in [0.25, 0.3) is 0 Å². The average molecular weight is 298 g/mol. The molecule has 0 spiro atoms. The van der Waals surface area contributed by atoms with E-state index >= 15 is 0 Å². The Labute approximate surface area is 129 Å². The molecule has 1 heterocycles. The zero-order valence-corrected chi connectivity index (χ0v) is 12.9. The maximum Gasteiger partial charge on any atom is 0.170 e. The number of rotatable bonds is 3. The third kappa shape index (κ3) is 2.52. The molecule has 0 saturated carbocycles. The molecule has 114 valence electrons. The minimum absolute atomic E-state index is 0.102. The summed E-state index contributed by atoms with van der Waals surface area (Å²) >= 11 is 0. The Kier molecular flexibility index (Phi) is 3.75. The van der Waals surface area contributed by atoms with Crippen LogP contribution in [0.4, 0.5) is 0 Å². The Bertz CT molecular complexity index is 721. The molecule has 4 nitrogen and oxygen atoms in total. The lowest BCUT2D eigenvalue weighted by atomic mass is 9.95. The summed E-state index contributed by atoms with van der Waals surface area (Å²) < 4.78 is 16.5. The highest BCUT2D eigenvalue weighted by atomic mass is 16.5. The molecular formula is C18H18O4. The molecule has 1 aliphatic rings. The Morgan fingerprint density at radius 1 is 1.05 bits per heavy atom. The van der Waals surface area contributed by atoms with Crippen molar-refractivity contribution < 1.29 is 19.0 Å². The second-order valence-electron chi connectivity index (χ2n) is 5.35. The number of ether oxygens (including phenoxy) is 3. The lowest BCUT2D eigenvalue weighted by molar-refractivity contribution is 0.0849. The van der Waals surface area contributed by atoms with Gasteiger partial charge in [0.2, 0.25) is 0 Å². The third-order valence-corrected chi connectivity index (χ3v) is 3.85. The van der Waals surface area contributed by atoms with Crippen molar-refractivity contribution in [1.29, 1.82) is 0 Å². The molecule has 0 bridgehead atoms. The molecule has 0 unspecified atom stereocenters. The molecule has 0 aliphatic carbocycles. The van der Waals surface area contributed by atoms with Gasteiger partial charge in [0.25, 0.3) is 0 Å². The van der Waals surface area contributed by atoms with E-state index in [2.05, 4.69) is 0 Å². The van der Waals surface area contributed by atoms with E-state index < -0.39 is 0 Å². The third-order valence-electron chi connectivity index (χ3n) is 3.85. The summed E-state index contributed by atoms with van der Waals surface area (Å²) in [5.41, 5.74) is 2.62. The molecule has 0 aromatic heterocycles. The Morgan fingerprint density at radius 2 is 1.82 bits per heavy atom. The zero-order chi connectivity index (χ0) is 15.7. The molecule has 1 aliphatic heterocycles. The predicted molar refractivity (Wildman–Crippen MR) is 83.0 cm³/mol. The van der Waals surface area contributed by atoms with Crippen LogP contribution in [0, 0.1) is 6.92 Å². The first-order valence-electron chi connectivity index (χ1n) is 7.15. The van der Waals surface area contributed by atoms with E-state index in [4.69, 9.17) is 14.2 Å². The number of ketones is 1. The van der Waals surface area contributed by atoms with Crippen molar-refractivity contribution in [3.8, 4) is 17.2 Å². The molecule has 1 atom stereocenters. The van der Waals surface area contributed by atoms with Crippen molar-refractivity contribution in [3.63, 3.8) is 0 Å². The van der Waals surface area contributed by atoms with Gasteiger partial charge in [-0.05, 0) is 36.8 Å². The molecular weight excluding hydrogens is 280 g/mol. The molecule has 4 heteroatoms. The normalized spacial score (nSPS) is 16.7. The first kappa shape index (κ1) is 14.4. The molecule has 0 N–H and O–H groups in total. The van der Waals surface area contributed by atoms with E-state index in [0.29, 0.717) is 29.2 Å². The predicted octanol–water partition coefficient (Wildman–Crippen LogP) is 3.72. The molecule has 2 aromatic carbocycles. The summed E-state index contributed by atoms with van der Waals surface area (Å²) in [6.45, 7) is 1.97. The van der Waals surface area contributed by atoms with Gasteiger partial charge >= 0.3 is 0 Å². The van der Waals surface area contributed by atoms with Crippen LogP contribution in [0.2, 0.25) is 0 Å². The fraction of sp³-hybridized carbons (Fsp3) is 0.278. The largest absolute Gasteiger partial charge is 0.493 e. The van der Waals surface area contributed by atoms with Crippen molar-refractivity contribution >= 4 is 5.78 Å². The number of methoxy groups -OCH3 is 2. The SMILES string of the molecule is COc1ccc([C@H]2CC(=O)c3cc(C)ccc3O2)cc1OC. The fourth-order valence-corrected chi connectivity index (χ4v) is 2.68. The van der Waals surface area contributed by atoms with Crippen molar-refractivity contribution in [2.75, 3.05) is 14.2 Å². The molecule has 0 radical (unpaired) electrons. The number of aryl methyl sites for hydroxylation is 1. The van der Waals surface area contributed by atoms with Crippen molar-refractivity contribution in [3.05, 3.63) is 53.1 Å². The smallest absolute Gasteiger partial charge is 0.170 e. The van der Waals surface area contributed by atoms with E-state index in [0.717, 1.165) is 11.1 Å². The van der Waals surface area contributed by atoms with Gasteiger partial charge in [-0.25, -0.2) is 0 Å². The Balaban J connectivity index is 1.94. The van der Waals surface area contributed by atoms with Crippen LogP contribution in [0.3, 0.4) is 0 Å². The van der Waals surface area contributed by atoms with E-state index in [9.17, 15) is 4.79 Å². The summed E-state index contributed by atoms with van der Waals surface area (Å²) in [6, 6.07) is 11.3. The standard InChI is InChI=1S/C18H18O4/c1-11-4-6-15-13(8-11)14(19)10-17(22-15)12-5-7-16(20-2)18(9-12)21-3/h4-9,17H,10H2,1-3H3/t17-/m1/s1. The molecule has 22 heavy (non-hydrogen) atoms. The first-order valence-corrected chi connectivity index (χ1v) is 7.15. The highest BCUT2D eigenvalue weighted by Gasteiger charge is 2.28. The number of carbonyl (C=O) groups excluding carboxylic acids is 1. The first-order chi connectivity index (χ1) is 10.6. The van der Waals surface area contributed by atoms with Crippen LogP contribution in [0.15, 0.2) is 36.4 Å². The van der Waals surface area contributed by atoms with Gasteiger partial charge in [0.1, 0.15) is 11.9 Å². The summed E-state index contributed by atoms with van der Waals surface area (Å²) in [6.07, 6.45) is 0.0221. The summed E-state index contributed by atoms with van der Waals surface area (Å²) in [7, 11) is 3.18. The van der Waals surface area contributed by atoms with Gasteiger partial charge in [0, 0.05) is 0 Å². The highest BCUT2D eigenvalue weighted by Crippen LogP contribution is 2.38. The van der Waals surface area contributed by atoms with Crippen molar-refractivity contribution in [2.24, 2.45) is 0 Å². The highest BCUT2D eigenvalue weighted by molar-refractivity contribution is 6.00. The summed E-state index contributed by atoms with van der Waals surface area (Å²) in [5.74, 6) is 2.03. The number of benzene rings is 2. The molecule has 2 aromatic rings. The quantitative estimate of drug-likeness (QED) is 0.866. The number of hydrogen-bond donors (Lipinski definition) is 0. The number of Topliss-reactive ketones (excluding diaryl/α,β-unsaturated/α-hetero) is 1. The van der Waals surface area contributed by atoms with Gasteiger partial charge in [-0.15, -0.1) is 0 Å². The van der Waals surface area contributed by atoms with Gasteiger partial charge < -0.3 is 14.2 Å². The van der Waals surface area contributed by atoms with Crippen LogP contribution in [0.5, 0.6) is 17.2 Å². The minimum Gasteiger partial charge on any atom is -0.493 e. The monoisotopic (exact) mass is 298 g/mol. The lowest BCUT2D eigenvalue weighted by Crippen LogP contribution is -2.20. The maximum atomic E-state index is 12.4. The van der Waals surface area contributed by atoms with Crippen LogP contribution in [-0.4, -0.2) is 20.0 Å². The minimum atomic E-state index is -0.303. The topological polar surface area (TPSA) is 44.8 Å². The number of fused-ring (bicyclic) bond motifs is 1. The van der Waals surface area contributed by atoms with Crippen LogP contribution in [-0.2, 0) is 0 Å². The summed E-state index contributed by atoms with van der Waals surface area (Å²) in [4.78, 5) is 12.4. The number of hydrogen-bond acceptors (Lipinski definition) is 4. The van der Waals surface area contributed by atoms with Crippen LogP contribution < -0.4 is 14.2 Å². The molecule has 3 rings (SSSR count). The van der Waals surface area contributed by atoms with E-state index in [1.54, 1.807) is 14.2 Å². The second-order valence-corrected chi connectivity index (χ2v) is 5.35. The molecule has 0 amide bonds. The van der Waals surface area contributed by atoms with Gasteiger partial charge in [-0.1, -0.05) is 17.7 Å². The van der Waals surface area contributed by atoms with E-state index in [1.165, 1.54) is 0 Å². The number of carbonyl (C=O) groups is 1. The Morgan fingerprint density at radius 3 is 2.55 bits per heavy atom. The van der Waals surface area contributed by atoms with Crippen LogP contribution >= 0.6 is 0 Å². The summed E-state index contributed by atoms with van der Waals surface area (Å²) in [5, 5.41) is 0. The van der Waals surface area contributed by atoms with Crippen molar-refractivity contribution in [2.45, 2.75) is 19.4 Å². The van der Waals surface area contributed by atoms with Gasteiger partial charge in [-0.2, -0.15) is 0 Å². The average Bonchev–Trinajstić information content (AvgIpc) is 2.54. The molecule has 0 fully saturated rings. The zero-order valence-electron chi connectivity index (χ0n) is 12.9. The van der Waals surface area contributed by atoms with Crippen molar-refractivity contribution in [1.82, 2.24) is 0 Å². The van der Waals surface area contributed by atoms with E-state index in [-0.39, 0.29) is 11.9 Å². The van der Waals surface area contributed by atoms with Gasteiger partial charge in [0.05, 0.1) is 26.2 Å². The fourth-order valence-electron chi connectivity index (χ4n) is 2.68.